The monoisotopic (exact) mass is 407 g/mol. The van der Waals surface area contributed by atoms with Gasteiger partial charge in [0.1, 0.15) is 5.75 Å². The number of benzene rings is 2. The molecule has 28 heavy (non-hydrogen) atoms. The van der Waals surface area contributed by atoms with Gasteiger partial charge in [0.05, 0.1) is 6.61 Å². The first-order valence-corrected chi connectivity index (χ1v) is 9.16. The summed E-state index contributed by atoms with van der Waals surface area (Å²) in [5.41, 5.74) is 3.48. The summed E-state index contributed by atoms with van der Waals surface area (Å²) in [5, 5.41) is 15.6. The summed E-state index contributed by atoms with van der Waals surface area (Å²) in [6.07, 6.45) is 1.00. The van der Waals surface area contributed by atoms with Gasteiger partial charge in [-0.15, -0.1) is 0 Å². The van der Waals surface area contributed by atoms with Crippen molar-refractivity contribution >= 4 is 23.5 Å². The van der Waals surface area contributed by atoms with Crippen molar-refractivity contribution in [3.8, 4) is 5.75 Å². The minimum Gasteiger partial charge on any atom is -0.494 e. The lowest BCUT2D eigenvalue weighted by atomic mass is 10.1. The lowest BCUT2D eigenvalue weighted by molar-refractivity contribution is -0.159. The number of ether oxygens (including phenoxy) is 1. The van der Waals surface area contributed by atoms with E-state index in [2.05, 4.69) is 36.2 Å². The van der Waals surface area contributed by atoms with Gasteiger partial charge in [0.2, 0.25) is 0 Å². The minimum absolute atomic E-state index is 0.722. The number of aliphatic carboxylic acids is 2. The molecule has 0 atom stereocenters. The van der Waals surface area contributed by atoms with Gasteiger partial charge in [-0.25, -0.2) is 9.59 Å². The molecule has 0 saturated carbocycles. The first-order valence-electron chi connectivity index (χ1n) is 8.79. The fraction of sp³-hybridized carbons (Fsp3) is 0.333. The number of hydrogen-bond acceptors (Lipinski definition) is 4. The van der Waals surface area contributed by atoms with Crippen LogP contribution in [0.5, 0.6) is 5.75 Å². The molecule has 2 aromatic carbocycles. The van der Waals surface area contributed by atoms with Crippen molar-refractivity contribution in [3.05, 3.63) is 64.2 Å². The number of carbonyl (C=O) groups is 2. The molecule has 0 aliphatic carbocycles. The van der Waals surface area contributed by atoms with Crippen LogP contribution >= 0.6 is 11.6 Å². The van der Waals surface area contributed by atoms with E-state index in [9.17, 15) is 0 Å². The topological polar surface area (TPSA) is 87.1 Å². The standard InChI is InChI=1S/C19H24ClNO.C2H2O4/c1-15-12-18(13-16(2)19(15)20)22-11-7-10-21(3)14-17-8-5-4-6-9-17;3-1(4)2(5)6/h4-6,8-9,12-13H,7,10-11,14H2,1-3H3;(H,3,4)(H,5,6). The molecule has 152 valence electrons. The summed E-state index contributed by atoms with van der Waals surface area (Å²) in [4.78, 5) is 20.5. The van der Waals surface area contributed by atoms with E-state index in [1.807, 2.05) is 32.0 Å². The number of hydrogen-bond donors (Lipinski definition) is 2. The van der Waals surface area contributed by atoms with E-state index >= 15 is 0 Å². The van der Waals surface area contributed by atoms with Gasteiger partial charge in [-0.1, -0.05) is 41.9 Å². The highest BCUT2D eigenvalue weighted by atomic mass is 35.5. The predicted molar refractivity (Wildman–Crippen MR) is 109 cm³/mol. The second-order valence-electron chi connectivity index (χ2n) is 6.41. The van der Waals surface area contributed by atoms with Crippen LogP contribution in [0.2, 0.25) is 5.02 Å². The lowest BCUT2D eigenvalue weighted by Crippen LogP contribution is -2.20. The van der Waals surface area contributed by atoms with Crippen LogP contribution in [-0.2, 0) is 16.1 Å². The third kappa shape index (κ3) is 8.88. The van der Waals surface area contributed by atoms with Gasteiger partial charge < -0.3 is 19.8 Å². The maximum absolute atomic E-state index is 9.10. The largest absolute Gasteiger partial charge is 0.494 e. The summed E-state index contributed by atoms with van der Waals surface area (Å²) in [6.45, 7) is 6.73. The van der Waals surface area contributed by atoms with E-state index in [1.54, 1.807) is 0 Å². The molecule has 2 rings (SSSR count). The molecular weight excluding hydrogens is 382 g/mol. The molecule has 2 N–H and O–H groups in total. The Hall–Kier alpha value is -2.57. The van der Waals surface area contributed by atoms with Gasteiger partial charge in [-0.2, -0.15) is 0 Å². The Morgan fingerprint density at radius 3 is 2.07 bits per heavy atom. The molecule has 0 aliphatic rings. The number of rotatable bonds is 7. The Balaban J connectivity index is 0.000000568. The molecule has 0 spiro atoms. The predicted octanol–water partition coefficient (Wildman–Crippen LogP) is 4.01. The minimum atomic E-state index is -1.82. The Morgan fingerprint density at radius 1 is 1.04 bits per heavy atom. The van der Waals surface area contributed by atoms with Gasteiger partial charge in [0, 0.05) is 18.1 Å². The third-order valence-corrected chi connectivity index (χ3v) is 4.44. The van der Waals surface area contributed by atoms with E-state index < -0.39 is 11.9 Å². The fourth-order valence-electron chi connectivity index (χ4n) is 2.49. The van der Waals surface area contributed by atoms with Gasteiger partial charge in [0.15, 0.2) is 0 Å². The summed E-state index contributed by atoms with van der Waals surface area (Å²) in [5.74, 6) is -2.74. The van der Waals surface area contributed by atoms with E-state index in [0.717, 1.165) is 48.0 Å². The van der Waals surface area contributed by atoms with Crippen molar-refractivity contribution < 1.29 is 24.5 Å². The molecule has 7 heteroatoms. The SMILES string of the molecule is Cc1cc(OCCCN(C)Cc2ccccc2)cc(C)c1Cl.O=C(O)C(=O)O. The molecule has 2 aromatic rings. The highest BCUT2D eigenvalue weighted by Gasteiger charge is 2.05. The Morgan fingerprint density at radius 2 is 1.57 bits per heavy atom. The number of carboxylic acid groups (broad SMARTS) is 2. The molecular formula is C21H26ClNO5. The van der Waals surface area contributed by atoms with Crippen LogP contribution in [0.15, 0.2) is 42.5 Å². The third-order valence-electron chi connectivity index (χ3n) is 3.84. The van der Waals surface area contributed by atoms with Crippen LogP contribution in [0.25, 0.3) is 0 Å². The van der Waals surface area contributed by atoms with Crippen LogP contribution in [0, 0.1) is 13.8 Å². The van der Waals surface area contributed by atoms with E-state index in [1.165, 1.54) is 5.56 Å². The van der Waals surface area contributed by atoms with Crippen molar-refractivity contribution in [2.24, 2.45) is 0 Å². The molecule has 0 amide bonds. The number of carboxylic acids is 2. The second kappa shape index (κ2) is 12.0. The Labute approximate surface area is 170 Å². The zero-order valence-electron chi connectivity index (χ0n) is 16.3. The van der Waals surface area contributed by atoms with Crippen molar-refractivity contribution in [2.75, 3.05) is 20.2 Å². The zero-order valence-corrected chi connectivity index (χ0v) is 17.1. The second-order valence-corrected chi connectivity index (χ2v) is 6.78. The van der Waals surface area contributed by atoms with Crippen molar-refractivity contribution in [1.29, 1.82) is 0 Å². The van der Waals surface area contributed by atoms with Crippen LogP contribution in [0.1, 0.15) is 23.1 Å². The van der Waals surface area contributed by atoms with Crippen molar-refractivity contribution in [3.63, 3.8) is 0 Å². The van der Waals surface area contributed by atoms with Crippen LogP contribution in [0.3, 0.4) is 0 Å². The first-order chi connectivity index (χ1) is 13.2. The van der Waals surface area contributed by atoms with E-state index in [-0.39, 0.29) is 0 Å². The van der Waals surface area contributed by atoms with E-state index in [4.69, 9.17) is 36.1 Å². The fourth-order valence-corrected chi connectivity index (χ4v) is 2.60. The number of halogens is 1. The van der Waals surface area contributed by atoms with Crippen LogP contribution < -0.4 is 4.74 Å². The van der Waals surface area contributed by atoms with Crippen molar-refractivity contribution in [2.45, 2.75) is 26.8 Å². The summed E-state index contributed by atoms with van der Waals surface area (Å²) in [7, 11) is 2.14. The quantitative estimate of drug-likeness (QED) is 0.532. The molecule has 0 aromatic heterocycles. The molecule has 0 saturated heterocycles. The maximum Gasteiger partial charge on any atom is 0.414 e. The molecule has 6 nitrogen and oxygen atoms in total. The number of nitrogens with zero attached hydrogens (tertiary/aromatic N) is 1. The average Bonchev–Trinajstić information content (AvgIpc) is 2.64. The smallest absolute Gasteiger partial charge is 0.414 e. The average molecular weight is 408 g/mol. The van der Waals surface area contributed by atoms with Crippen LogP contribution in [-0.4, -0.2) is 47.3 Å². The van der Waals surface area contributed by atoms with Crippen molar-refractivity contribution in [1.82, 2.24) is 4.90 Å². The normalized spacial score (nSPS) is 10.2. The molecule has 0 heterocycles. The van der Waals surface area contributed by atoms with Gasteiger partial charge >= 0.3 is 11.9 Å². The highest BCUT2D eigenvalue weighted by Crippen LogP contribution is 2.25. The molecule has 0 radical (unpaired) electrons. The lowest BCUT2D eigenvalue weighted by Gasteiger charge is -2.17. The van der Waals surface area contributed by atoms with Gasteiger partial charge in [-0.05, 0) is 56.1 Å². The molecule has 0 aliphatic heterocycles. The summed E-state index contributed by atoms with van der Waals surface area (Å²) >= 11 is 6.17. The summed E-state index contributed by atoms with van der Waals surface area (Å²) < 4.78 is 5.84. The summed E-state index contributed by atoms with van der Waals surface area (Å²) in [6, 6.07) is 14.5. The van der Waals surface area contributed by atoms with Gasteiger partial charge in [0.25, 0.3) is 0 Å². The maximum atomic E-state index is 9.10. The number of aryl methyl sites for hydroxylation is 2. The molecule has 0 bridgehead atoms. The van der Waals surface area contributed by atoms with Crippen LogP contribution in [0.4, 0.5) is 0 Å². The molecule has 0 fully saturated rings. The zero-order chi connectivity index (χ0) is 21.1. The first kappa shape index (κ1) is 23.5. The van der Waals surface area contributed by atoms with Gasteiger partial charge in [-0.3, -0.25) is 0 Å². The highest BCUT2D eigenvalue weighted by molar-refractivity contribution is 6.32. The van der Waals surface area contributed by atoms with E-state index in [0.29, 0.717) is 0 Å². The Bertz CT molecular complexity index is 745. The molecule has 0 unspecified atom stereocenters. The Kier molecular flexibility index (Phi) is 10.1.